The molecule has 1 aliphatic heterocycles. The molecule has 4 rings (SSSR count). The zero-order valence-corrected chi connectivity index (χ0v) is 19.9. The zero-order chi connectivity index (χ0) is 25.0. The number of amides is 1. The lowest BCUT2D eigenvalue weighted by Crippen LogP contribution is -2.43. The molecule has 10 heteroatoms. The van der Waals surface area contributed by atoms with E-state index in [9.17, 15) is 22.0 Å². The van der Waals surface area contributed by atoms with Gasteiger partial charge in [-0.1, -0.05) is 35.5 Å². The molecule has 2 heterocycles. The smallest absolute Gasteiger partial charge is 0.248 e. The van der Waals surface area contributed by atoms with Crippen molar-refractivity contribution in [1.29, 1.82) is 0 Å². The Kier molecular flexibility index (Phi) is 7.42. The second-order valence-electron chi connectivity index (χ2n) is 8.34. The van der Waals surface area contributed by atoms with Crippen molar-refractivity contribution in [2.24, 2.45) is 5.92 Å². The molecule has 2 aromatic carbocycles. The average molecular weight is 502 g/mol. The summed E-state index contributed by atoms with van der Waals surface area (Å²) in [6, 6.07) is 12.6. The molecule has 3 aromatic rings. The van der Waals surface area contributed by atoms with Crippen molar-refractivity contribution in [3.8, 4) is 0 Å². The summed E-state index contributed by atoms with van der Waals surface area (Å²) in [5.74, 6) is -1.93. The van der Waals surface area contributed by atoms with E-state index in [-0.39, 0.29) is 46.8 Å². The third-order valence-electron chi connectivity index (χ3n) is 5.94. The maximum Gasteiger partial charge on any atom is 0.248 e. The first-order valence-electron chi connectivity index (χ1n) is 11.2. The lowest BCUT2D eigenvalue weighted by molar-refractivity contribution is -0.126. The molecule has 0 aliphatic carbocycles. The van der Waals surface area contributed by atoms with Crippen LogP contribution >= 0.6 is 0 Å². The maximum atomic E-state index is 13.9. The summed E-state index contributed by atoms with van der Waals surface area (Å²) in [5, 5.41) is 6.69. The minimum Gasteiger partial charge on any atom is -0.355 e. The van der Waals surface area contributed by atoms with Crippen LogP contribution in [-0.2, 0) is 21.4 Å². The fourth-order valence-corrected chi connectivity index (χ4v) is 5.74. The van der Waals surface area contributed by atoms with Crippen LogP contribution in [0.3, 0.4) is 0 Å². The summed E-state index contributed by atoms with van der Waals surface area (Å²) in [4.78, 5) is 12.5. The Balaban J connectivity index is 1.43. The van der Waals surface area contributed by atoms with E-state index in [2.05, 4.69) is 10.5 Å². The molecule has 1 aliphatic rings. The highest BCUT2D eigenvalue weighted by Gasteiger charge is 2.35. The molecule has 0 radical (unpaired) electrons. The van der Waals surface area contributed by atoms with Gasteiger partial charge >= 0.3 is 0 Å². The monoisotopic (exact) mass is 501 g/mol. The molecule has 7 nitrogen and oxygen atoms in total. The highest BCUT2D eigenvalue weighted by Crippen LogP contribution is 2.29. The molecule has 0 saturated carbocycles. The van der Waals surface area contributed by atoms with E-state index < -0.39 is 21.7 Å². The summed E-state index contributed by atoms with van der Waals surface area (Å²) in [5.41, 5.74) is 1.24. The quantitative estimate of drug-likeness (QED) is 0.525. The zero-order valence-electron chi connectivity index (χ0n) is 19.1. The Hall–Kier alpha value is -3.37. The normalized spacial score (nSPS) is 15.5. The maximum absolute atomic E-state index is 13.9. The third-order valence-corrected chi connectivity index (χ3v) is 8.00. The van der Waals surface area contributed by atoms with Crippen molar-refractivity contribution >= 4 is 28.1 Å². The van der Waals surface area contributed by atoms with Gasteiger partial charge in [0.15, 0.2) is 10.7 Å². The number of hydrogen-bond acceptors (Lipinski definition) is 5. The Labute approximate surface area is 202 Å². The van der Waals surface area contributed by atoms with E-state index in [1.807, 2.05) is 30.3 Å². The molecule has 1 N–H and O–H groups in total. The van der Waals surface area contributed by atoms with Crippen molar-refractivity contribution in [1.82, 2.24) is 14.8 Å². The number of halogens is 2. The Morgan fingerprint density at radius 1 is 1.14 bits per heavy atom. The molecule has 0 atom stereocenters. The number of piperidine rings is 1. The molecule has 1 fully saturated rings. The van der Waals surface area contributed by atoms with E-state index in [0.29, 0.717) is 19.4 Å². The molecule has 35 heavy (non-hydrogen) atoms. The number of carbonyl (C=O) groups excluding carboxylic acids is 1. The highest BCUT2D eigenvalue weighted by molar-refractivity contribution is 7.89. The van der Waals surface area contributed by atoms with E-state index in [1.54, 1.807) is 0 Å². The van der Waals surface area contributed by atoms with E-state index >= 15 is 0 Å². The number of aryl methyl sites for hydroxylation is 1. The first-order chi connectivity index (χ1) is 16.8. The Morgan fingerprint density at radius 2 is 1.86 bits per heavy atom. The molecule has 1 amide bonds. The number of carbonyl (C=O) groups is 1. The minimum atomic E-state index is -3.97. The summed E-state index contributed by atoms with van der Waals surface area (Å²) in [6.45, 7) is 2.27. The average Bonchev–Trinajstić information content (AvgIpc) is 3.23. The van der Waals surface area contributed by atoms with Crippen LogP contribution in [0.2, 0.25) is 0 Å². The summed E-state index contributed by atoms with van der Waals surface area (Å²) in [7, 11) is -3.97. The number of nitrogens with one attached hydrogen (secondary N) is 1. The standard InChI is InChI=1S/C25H25F2N3O4S/c1-17-24(23(34-29-17)10-8-19-7-9-21(26)15-22(19)27)35(32,33)30-13-11-20(12-14-30)25(31)28-16-18-5-3-2-4-6-18/h2-10,15,20H,11-14,16H2,1H3,(H,28,31)/b10-8+. The minimum absolute atomic E-state index is 0.0473. The van der Waals surface area contributed by atoms with Gasteiger partial charge in [-0.15, -0.1) is 0 Å². The number of hydrogen-bond donors (Lipinski definition) is 1. The number of aromatic nitrogens is 1. The van der Waals surface area contributed by atoms with Crippen molar-refractivity contribution in [2.75, 3.05) is 13.1 Å². The van der Waals surface area contributed by atoms with Gasteiger partial charge in [-0.3, -0.25) is 4.79 Å². The molecule has 0 spiro atoms. The number of rotatable bonds is 7. The fraction of sp³-hybridized carbons (Fsp3) is 0.280. The SMILES string of the molecule is Cc1noc(/C=C/c2ccc(F)cc2F)c1S(=O)(=O)N1CCC(C(=O)NCc2ccccc2)CC1. The predicted octanol–water partition coefficient (Wildman–Crippen LogP) is 4.15. The van der Waals surface area contributed by atoms with Gasteiger partial charge in [0, 0.05) is 37.2 Å². The predicted molar refractivity (Wildman–Crippen MR) is 126 cm³/mol. The van der Waals surface area contributed by atoms with E-state index in [0.717, 1.165) is 17.7 Å². The number of nitrogens with zero attached hydrogens (tertiary/aromatic N) is 2. The Bertz CT molecular complexity index is 1330. The molecule has 0 bridgehead atoms. The third kappa shape index (κ3) is 5.66. The molecule has 1 aromatic heterocycles. The summed E-state index contributed by atoms with van der Waals surface area (Å²) >= 11 is 0. The van der Waals surface area contributed by atoms with Crippen LogP contribution in [0.4, 0.5) is 8.78 Å². The summed E-state index contributed by atoms with van der Waals surface area (Å²) in [6.07, 6.45) is 3.37. The first-order valence-corrected chi connectivity index (χ1v) is 12.6. The molecular formula is C25H25F2N3O4S. The Morgan fingerprint density at radius 3 is 2.54 bits per heavy atom. The second-order valence-corrected chi connectivity index (χ2v) is 10.2. The molecule has 1 saturated heterocycles. The first kappa shape index (κ1) is 24.7. The lowest BCUT2D eigenvalue weighted by Gasteiger charge is -2.30. The van der Waals surface area contributed by atoms with Gasteiger partial charge in [0.2, 0.25) is 15.9 Å². The van der Waals surface area contributed by atoms with Crippen LogP contribution in [0, 0.1) is 24.5 Å². The lowest BCUT2D eigenvalue weighted by atomic mass is 9.97. The van der Waals surface area contributed by atoms with Crippen LogP contribution in [0.25, 0.3) is 12.2 Å². The number of sulfonamides is 1. The highest BCUT2D eigenvalue weighted by atomic mass is 32.2. The van der Waals surface area contributed by atoms with Gasteiger partial charge in [0.05, 0.1) is 0 Å². The van der Waals surface area contributed by atoms with Gasteiger partial charge in [-0.25, -0.2) is 17.2 Å². The van der Waals surface area contributed by atoms with Crippen molar-refractivity contribution < 1.29 is 26.5 Å². The van der Waals surface area contributed by atoms with Gasteiger partial charge in [0.25, 0.3) is 0 Å². The molecule has 184 valence electrons. The van der Waals surface area contributed by atoms with Crippen molar-refractivity contribution in [3.05, 3.63) is 82.7 Å². The van der Waals surface area contributed by atoms with E-state index in [4.69, 9.17) is 4.52 Å². The van der Waals surface area contributed by atoms with Crippen LogP contribution in [-0.4, -0.2) is 36.9 Å². The topological polar surface area (TPSA) is 92.5 Å². The summed E-state index contributed by atoms with van der Waals surface area (Å²) < 4.78 is 60.3. The van der Waals surface area contributed by atoms with Crippen molar-refractivity contribution in [3.63, 3.8) is 0 Å². The van der Waals surface area contributed by atoms with Crippen LogP contribution < -0.4 is 5.32 Å². The van der Waals surface area contributed by atoms with Crippen LogP contribution in [0.5, 0.6) is 0 Å². The second kappa shape index (κ2) is 10.5. The molecule has 0 unspecified atom stereocenters. The molecular weight excluding hydrogens is 476 g/mol. The number of benzene rings is 2. The largest absolute Gasteiger partial charge is 0.355 e. The van der Waals surface area contributed by atoms with Gasteiger partial charge in [0.1, 0.15) is 17.3 Å². The van der Waals surface area contributed by atoms with Gasteiger partial charge in [-0.05, 0) is 49.6 Å². The van der Waals surface area contributed by atoms with Crippen LogP contribution in [0.1, 0.15) is 35.4 Å². The fourth-order valence-electron chi connectivity index (χ4n) is 4.02. The van der Waals surface area contributed by atoms with Crippen LogP contribution in [0.15, 0.2) is 57.9 Å². The van der Waals surface area contributed by atoms with Crippen molar-refractivity contribution in [2.45, 2.75) is 31.2 Å². The van der Waals surface area contributed by atoms with Gasteiger partial charge in [-0.2, -0.15) is 4.31 Å². The van der Waals surface area contributed by atoms with E-state index in [1.165, 1.54) is 29.4 Å². The van der Waals surface area contributed by atoms with Gasteiger partial charge < -0.3 is 9.84 Å².